The zero-order valence-corrected chi connectivity index (χ0v) is 16.9. The Hall–Kier alpha value is -2.83. The Bertz CT molecular complexity index is 899. The normalized spacial score (nSPS) is 16.3. The second-order valence-electron chi connectivity index (χ2n) is 7.79. The maximum Gasteiger partial charge on any atom is 0.287 e. The molecule has 0 radical (unpaired) electrons. The number of nitrogens with one attached hydrogen (secondary N) is 2. The fourth-order valence-electron chi connectivity index (χ4n) is 4.33. The number of aromatic nitrogens is 2. The molecule has 4 rings (SSSR count). The van der Waals surface area contributed by atoms with Crippen molar-refractivity contribution in [2.24, 2.45) is 0 Å². The third-order valence-corrected chi connectivity index (χ3v) is 5.86. The first kappa shape index (κ1) is 19.5. The predicted octanol–water partition coefficient (Wildman–Crippen LogP) is 2.83. The highest BCUT2D eigenvalue weighted by Gasteiger charge is 2.29. The van der Waals surface area contributed by atoms with Crippen LogP contribution in [0.2, 0.25) is 0 Å². The van der Waals surface area contributed by atoms with Gasteiger partial charge in [-0.1, -0.05) is 31.0 Å². The van der Waals surface area contributed by atoms with Crippen LogP contribution in [0.15, 0.2) is 24.3 Å². The molecule has 1 aromatic heterocycles. The number of amides is 2. The average molecular weight is 396 g/mol. The van der Waals surface area contributed by atoms with Crippen molar-refractivity contribution in [1.29, 1.82) is 0 Å². The van der Waals surface area contributed by atoms with Gasteiger partial charge in [0, 0.05) is 24.7 Å². The fraction of sp³-hybridized carbons (Fsp3) is 0.500. The number of carbonyl (C=O) groups excluding carboxylic acids is 2. The lowest BCUT2D eigenvalue weighted by molar-refractivity contribution is 0.0931. The van der Waals surface area contributed by atoms with Crippen molar-refractivity contribution in [3.05, 3.63) is 47.0 Å². The molecule has 0 bridgehead atoms. The van der Waals surface area contributed by atoms with Gasteiger partial charge in [0.2, 0.25) is 0 Å². The molecule has 1 aromatic carbocycles. The minimum absolute atomic E-state index is 0.147. The first-order chi connectivity index (χ1) is 14.2. The van der Waals surface area contributed by atoms with Crippen molar-refractivity contribution in [2.45, 2.75) is 64.1 Å². The van der Waals surface area contributed by atoms with Crippen molar-refractivity contribution >= 4 is 11.8 Å². The molecule has 1 aliphatic heterocycles. The molecule has 0 spiro atoms. The van der Waals surface area contributed by atoms with Gasteiger partial charge in [-0.25, -0.2) is 4.98 Å². The quantitative estimate of drug-likeness (QED) is 0.786. The molecule has 1 fully saturated rings. The van der Waals surface area contributed by atoms with E-state index in [9.17, 15) is 9.59 Å². The molecule has 0 unspecified atom stereocenters. The van der Waals surface area contributed by atoms with Gasteiger partial charge in [0.1, 0.15) is 11.4 Å². The molecule has 0 atom stereocenters. The minimum Gasteiger partial charge on any atom is -0.496 e. The largest absolute Gasteiger partial charge is 0.496 e. The van der Waals surface area contributed by atoms with E-state index in [2.05, 4.69) is 15.6 Å². The number of methoxy groups -OCH3 is 1. The third-order valence-electron chi connectivity index (χ3n) is 5.86. The fourth-order valence-corrected chi connectivity index (χ4v) is 4.33. The van der Waals surface area contributed by atoms with Gasteiger partial charge in [0.25, 0.3) is 11.8 Å². The van der Waals surface area contributed by atoms with Crippen LogP contribution >= 0.6 is 0 Å². The van der Waals surface area contributed by atoms with Crippen LogP contribution in [-0.4, -0.2) is 34.5 Å². The summed E-state index contributed by atoms with van der Waals surface area (Å²) in [6, 6.07) is 7.81. The number of ether oxygens (including phenoxy) is 1. The lowest BCUT2D eigenvalue weighted by atomic mass is 10.1. The highest BCUT2D eigenvalue weighted by Crippen LogP contribution is 2.23. The summed E-state index contributed by atoms with van der Waals surface area (Å²) in [6.07, 6.45) is 7.13. The number of nitrogens with zero attached hydrogens (tertiary/aromatic N) is 2. The Balaban J connectivity index is 1.52. The SMILES string of the molecule is COc1ccccc1CNC(=O)c1nc(C(=O)NC2CCCC2)c2n1CCCC2. The summed E-state index contributed by atoms with van der Waals surface area (Å²) in [6.45, 7) is 1.06. The van der Waals surface area contributed by atoms with E-state index in [1.165, 1.54) is 0 Å². The molecule has 1 saturated carbocycles. The van der Waals surface area contributed by atoms with E-state index in [4.69, 9.17) is 4.74 Å². The van der Waals surface area contributed by atoms with Crippen molar-refractivity contribution in [3.8, 4) is 5.75 Å². The Morgan fingerprint density at radius 2 is 1.93 bits per heavy atom. The molecule has 2 aliphatic rings. The monoisotopic (exact) mass is 396 g/mol. The van der Waals surface area contributed by atoms with Gasteiger partial charge < -0.3 is 19.9 Å². The van der Waals surface area contributed by atoms with E-state index in [0.29, 0.717) is 18.1 Å². The van der Waals surface area contributed by atoms with E-state index in [-0.39, 0.29) is 17.9 Å². The summed E-state index contributed by atoms with van der Waals surface area (Å²) in [7, 11) is 1.61. The lowest BCUT2D eigenvalue weighted by Crippen LogP contribution is -2.33. The number of carbonyl (C=O) groups is 2. The molecular formula is C22H28N4O3. The number of para-hydroxylation sites is 1. The summed E-state index contributed by atoms with van der Waals surface area (Å²) in [5, 5.41) is 6.04. The smallest absolute Gasteiger partial charge is 0.287 e. The summed E-state index contributed by atoms with van der Waals surface area (Å²) >= 11 is 0. The lowest BCUT2D eigenvalue weighted by Gasteiger charge is -2.17. The zero-order chi connectivity index (χ0) is 20.2. The second kappa shape index (κ2) is 8.68. The van der Waals surface area contributed by atoms with Crippen LogP contribution in [0.5, 0.6) is 5.75 Å². The molecule has 7 heteroatoms. The molecule has 2 aromatic rings. The molecule has 7 nitrogen and oxygen atoms in total. The minimum atomic E-state index is -0.265. The summed E-state index contributed by atoms with van der Waals surface area (Å²) in [5.41, 5.74) is 2.20. The predicted molar refractivity (Wildman–Crippen MR) is 109 cm³/mol. The van der Waals surface area contributed by atoms with Crippen LogP contribution in [0.3, 0.4) is 0 Å². The van der Waals surface area contributed by atoms with Gasteiger partial charge in [-0.05, 0) is 38.2 Å². The third kappa shape index (κ3) is 4.13. The van der Waals surface area contributed by atoms with Gasteiger partial charge in [-0.15, -0.1) is 0 Å². The maximum atomic E-state index is 12.9. The summed E-state index contributed by atoms with van der Waals surface area (Å²) < 4.78 is 7.27. The van der Waals surface area contributed by atoms with Crippen LogP contribution < -0.4 is 15.4 Å². The number of benzene rings is 1. The van der Waals surface area contributed by atoms with Crippen LogP contribution in [0.25, 0.3) is 0 Å². The highest BCUT2D eigenvalue weighted by molar-refractivity contribution is 5.97. The number of hydrogen-bond acceptors (Lipinski definition) is 4. The average Bonchev–Trinajstić information content (AvgIpc) is 3.40. The van der Waals surface area contributed by atoms with Crippen LogP contribution in [0.1, 0.15) is 70.9 Å². The van der Waals surface area contributed by atoms with Gasteiger partial charge in [0.05, 0.1) is 12.8 Å². The van der Waals surface area contributed by atoms with Gasteiger partial charge in [-0.2, -0.15) is 0 Å². The summed E-state index contributed by atoms with van der Waals surface area (Å²) in [4.78, 5) is 30.2. The molecule has 2 amide bonds. The van der Waals surface area contributed by atoms with Gasteiger partial charge in [-0.3, -0.25) is 9.59 Å². The zero-order valence-electron chi connectivity index (χ0n) is 16.9. The first-order valence-corrected chi connectivity index (χ1v) is 10.5. The molecular weight excluding hydrogens is 368 g/mol. The first-order valence-electron chi connectivity index (χ1n) is 10.5. The van der Waals surface area contributed by atoms with Crippen molar-refractivity contribution in [3.63, 3.8) is 0 Å². The molecule has 2 N–H and O–H groups in total. The van der Waals surface area contributed by atoms with Crippen LogP contribution in [-0.2, 0) is 19.5 Å². The Morgan fingerprint density at radius 1 is 1.14 bits per heavy atom. The molecule has 29 heavy (non-hydrogen) atoms. The van der Waals surface area contributed by atoms with E-state index >= 15 is 0 Å². The molecule has 2 heterocycles. The van der Waals surface area contributed by atoms with E-state index < -0.39 is 0 Å². The van der Waals surface area contributed by atoms with Crippen molar-refractivity contribution in [1.82, 2.24) is 20.2 Å². The van der Waals surface area contributed by atoms with Crippen LogP contribution in [0.4, 0.5) is 0 Å². The number of hydrogen-bond donors (Lipinski definition) is 2. The van der Waals surface area contributed by atoms with Gasteiger partial charge in [0.15, 0.2) is 5.82 Å². The van der Waals surface area contributed by atoms with Crippen molar-refractivity contribution < 1.29 is 14.3 Å². The van der Waals surface area contributed by atoms with Crippen LogP contribution in [0, 0.1) is 0 Å². The topological polar surface area (TPSA) is 85.2 Å². The van der Waals surface area contributed by atoms with Crippen molar-refractivity contribution in [2.75, 3.05) is 7.11 Å². The van der Waals surface area contributed by atoms with E-state index in [0.717, 1.165) is 68.5 Å². The van der Waals surface area contributed by atoms with E-state index in [1.807, 2.05) is 28.8 Å². The Morgan fingerprint density at radius 3 is 2.72 bits per heavy atom. The maximum absolute atomic E-state index is 12.9. The van der Waals surface area contributed by atoms with E-state index in [1.54, 1.807) is 7.11 Å². The standard InChI is InChI=1S/C22H28N4O3/c1-29-18-12-5-2-8-15(18)14-23-22(28)20-25-19(17-11-6-7-13-26(17)20)21(27)24-16-9-3-4-10-16/h2,5,8,12,16H,3-4,6-7,9-11,13-14H2,1H3,(H,23,28)(H,24,27). The highest BCUT2D eigenvalue weighted by atomic mass is 16.5. The number of fused-ring (bicyclic) bond motifs is 1. The summed E-state index contributed by atoms with van der Waals surface area (Å²) in [5.74, 6) is 0.644. The van der Waals surface area contributed by atoms with Gasteiger partial charge >= 0.3 is 0 Å². The second-order valence-corrected chi connectivity index (χ2v) is 7.79. The molecule has 1 aliphatic carbocycles. The Labute approximate surface area is 170 Å². The molecule has 154 valence electrons. The Kier molecular flexibility index (Phi) is 5.83. The number of imidazole rings is 1. The molecule has 0 saturated heterocycles. The number of rotatable bonds is 6.